The van der Waals surface area contributed by atoms with Gasteiger partial charge in [-0.1, -0.05) is 23.2 Å². The molecule has 2 aromatic rings. The molecule has 7 heteroatoms. The highest BCUT2D eigenvalue weighted by Crippen LogP contribution is 2.25. The molecule has 116 valence electrons. The van der Waals surface area contributed by atoms with Crippen molar-refractivity contribution in [1.29, 1.82) is 0 Å². The third kappa shape index (κ3) is 4.08. The van der Waals surface area contributed by atoms with Crippen LogP contribution >= 0.6 is 23.2 Å². The Hall–Kier alpha value is -1.85. The van der Waals surface area contributed by atoms with Gasteiger partial charge in [-0.3, -0.25) is 4.79 Å². The van der Waals surface area contributed by atoms with E-state index in [1.165, 1.54) is 19.1 Å². The van der Waals surface area contributed by atoms with E-state index >= 15 is 0 Å². The van der Waals surface area contributed by atoms with E-state index in [1.807, 2.05) is 0 Å². The number of rotatable bonds is 4. The van der Waals surface area contributed by atoms with Gasteiger partial charge in [0.2, 0.25) is 0 Å². The molecule has 0 aromatic heterocycles. The van der Waals surface area contributed by atoms with Crippen molar-refractivity contribution < 1.29 is 18.3 Å². The fraction of sp³-hybridized carbons (Fsp3) is 0.133. The van der Waals surface area contributed by atoms with Crippen molar-refractivity contribution in [3.05, 3.63) is 58.1 Å². The molecule has 0 radical (unpaired) electrons. The predicted molar refractivity (Wildman–Crippen MR) is 81.5 cm³/mol. The van der Waals surface area contributed by atoms with E-state index in [9.17, 15) is 13.6 Å². The van der Waals surface area contributed by atoms with E-state index in [0.29, 0.717) is 10.7 Å². The van der Waals surface area contributed by atoms with Crippen LogP contribution in [-0.2, 0) is 4.79 Å². The van der Waals surface area contributed by atoms with Crippen LogP contribution in [0.25, 0.3) is 0 Å². The molecule has 22 heavy (non-hydrogen) atoms. The first-order valence-electron chi connectivity index (χ1n) is 6.24. The summed E-state index contributed by atoms with van der Waals surface area (Å²) in [4.78, 5) is 12.0. The number of carbonyl (C=O) groups is 1. The molecule has 1 N–H and O–H groups in total. The highest BCUT2D eigenvalue weighted by atomic mass is 35.5. The van der Waals surface area contributed by atoms with Gasteiger partial charge in [0.1, 0.15) is 5.75 Å². The number of benzene rings is 2. The molecule has 1 amide bonds. The maximum atomic E-state index is 13.1. The molecule has 0 saturated carbocycles. The van der Waals surface area contributed by atoms with Crippen LogP contribution in [0.15, 0.2) is 36.4 Å². The summed E-state index contributed by atoms with van der Waals surface area (Å²) in [5.74, 6) is -2.49. The van der Waals surface area contributed by atoms with E-state index in [4.69, 9.17) is 27.9 Å². The molecule has 0 spiro atoms. The number of hydrogen-bond donors (Lipinski definition) is 1. The molecule has 0 unspecified atom stereocenters. The lowest BCUT2D eigenvalue weighted by atomic mass is 10.3. The number of halogens is 4. The SMILES string of the molecule is C[C@H](Oc1ccc(F)c(F)c1)C(=O)Nc1ccc(Cl)cc1Cl. The molecule has 0 aliphatic heterocycles. The second-order valence-electron chi connectivity index (χ2n) is 4.45. The molecule has 0 heterocycles. The first kappa shape index (κ1) is 16.5. The molecule has 0 fully saturated rings. The van der Waals surface area contributed by atoms with Gasteiger partial charge in [-0.2, -0.15) is 0 Å². The van der Waals surface area contributed by atoms with Crippen LogP contribution in [0.5, 0.6) is 5.75 Å². The van der Waals surface area contributed by atoms with Gasteiger partial charge < -0.3 is 10.1 Å². The van der Waals surface area contributed by atoms with Gasteiger partial charge in [-0.25, -0.2) is 8.78 Å². The van der Waals surface area contributed by atoms with Crippen molar-refractivity contribution in [1.82, 2.24) is 0 Å². The van der Waals surface area contributed by atoms with E-state index < -0.39 is 23.6 Å². The lowest BCUT2D eigenvalue weighted by Gasteiger charge is -2.15. The van der Waals surface area contributed by atoms with Crippen molar-refractivity contribution >= 4 is 34.8 Å². The maximum Gasteiger partial charge on any atom is 0.265 e. The quantitative estimate of drug-likeness (QED) is 0.873. The Bertz CT molecular complexity index is 710. The lowest BCUT2D eigenvalue weighted by Crippen LogP contribution is -2.30. The fourth-order valence-electron chi connectivity index (χ4n) is 1.63. The Balaban J connectivity index is 2.04. The number of anilines is 1. The van der Waals surface area contributed by atoms with Gasteiger partial charge in [0.05, 0.1) is 10.7 Å². The molecule has 2 rings (SSSR count). The van der Waals surface area contributed by atoms with E-state index in [2.05, 4.69) is 5.32 Å². The average molecular weight is 346 g/mol. The Kier molecular flexibility index (Phi) is 5.21. The molecule has 0 bridgehead atoms. The third-order valence-corrected chi connectivity index (χ3v) is 3.31. The Labute approximate surface area is 135 Å². The molecule has 1 atom stereocenters. The molecule has 2 aromatic carbocycles. The minimum absolute atomic E-state index is 0.0451. The fourth-order valence-corrected chi connectivity index (χ4v) is 2.09. The molecule has 0 saturated heterocycles. The highest BCUT2D eigenvalue weighted by molar-refractivity contribution is 6.36. The zero-order chi connectivity index (χ0) is 16.3. The van der Waals surface area contributed by atoms with Crippen LogP contribution in [0.2, 0.25) is 10.0 Å². The van der Waals surface area contributed by atoms with E-state index in [0.717, 1.165) is 12.1 Å². The minimum atomic E-state index is -1.05. The van der Waals surface area contributed by atoms with Gasteiger partial charge in [-0.15, -0.1) is 0 Å². The maximum absolute atomic E-state index is 13.1. The van der Waals surface area contributed by atoms with Gasteiger partial charge in [0, 0.05) is 11.1 Å². The van der Waals surface area contributed by atoms with Crippen LogP contribution in [0, 0.1) is 11.6 Å². The van der Waals surface area contributed by atoms with Crippen LogP contribution in [0.4, 0.5) is 14.5 Å². The number of amides is 1. The topological polar surface area (TPSA) is 38.3 Å². The third-order valence-electron chi connectivity index (χ3n) is 2.76. The summed E-state index contributed by atoms with van der Waals surface area (Å²) in [7, 11) is 0. The van der Waals surface area contributed by atoms with Crippen LogP contribution in [0.3, 0.4) is 0 Å². The summed E-state index contributed by atoms with van der Waals surface area (Å²) in [6.45, 7) is 1.47. The Morgan fingerprint density at radius 3 is 2.50 bits per heavy atom. The van der Waals surface area contributed by atoms with Gasteiger partial charge in [0.25, 0.3) is 5.91 Å². The standard InChI is InChI=1S/C15H11Cl2F2NO2/c1-8(22-10-3-4-12(18)13(19)7-10)15(21)20-14-5-2-9(16)6-11(14)17/h2-8H,1H3,(H,20,21)/t8-/m0/s1. The zero-order valence-electron chi connectivity index (χ0n) is 11.4. The second kappa shape index (κ2) is 6.94. The van der Waals surface area contributed by atoms with Gasteiger partial charge in [-0.05, 0) is 37.3 Å². The highest BCUT2D eigenvalue weighted by Gasteiger charge is 2.17. The zero-order valence-corrected chi connectivity index (χ0v) is 12.9. The van der Waals surface area contributed by atoms with Gasteiger partial charge in [0.15, 0.2) is 17.7 Å². The molecular weight excluding hydrogens is 335 g/mol. The van der Waals surface area contributed by atoms with Crippen LogP contribution in [0.1, 0.15) is 6.92 Å². The van der Waals surface area contributed by atoms with Gasteiger partial charge >= 0.3 is 0 Å². The first-order chi connectivity index (χ1) is 10.4. The van der Waals surface area contributed by atoms with Crippen LogP contribution < -0.4 is 10.1 Å². The smallest absolute Gasteiger partial charge is 0.265 e. The molecular formula is C15H11Cl2F2NO2. The predicted octanol–water partition coefficient (Wildman–Crippen LogP) is 4.68. The van der Waals surface area contributed by atoms with E-state index in [-0.39, 0.29) is 10.8 Å². The van der Waals surface area contributed by atoms with E-state index in [1.54, 1.807) is 12.1 Å². The van der Waals surface area contributed by atoms with Crippen molar-refractivity contribution in [2.24, 2.45) is 0 Å². The number of carbonyl (C=O) groups excluding carboxylic acids is 1. The largest absolute Gasteiger partial charge is 0.481 e. The van der Waals surface area contributed by atoms with Crippen molar-refractivity contribution in [2.75, 3.05) is 5.32 Å². The van der Waals surface area contributed by atoms with Crippen molar-refractivity contribution in [3.63, 3.8) is 0 Å². The number of nitrogens with one attached hydrogen (secondary N) is 1. The Morgan fingerprint density at radius 2 is 1.86 bits per heavy atom. The number of ether oxygens (including phenoxy) is 1. The Morgan fingerprint density at radius 1 is 1.14 bits per heavy atom. The summed E-state index contributed by atoms with van der Waals surface area (Å²) >= 11 is 11.7. The number of hydrogen-bond acceptors (Lipinski definition) is 2. The molecule has 0 aliphatic rings. The summed E-state index contributed by atoms with van der Waals surface area (Å²) in [6, 6.07) is 7.63. The van der Waals surface area contributed by atoms with Crippen LogP contribution in [-0.4, -0.2) is 12.0 Å². The molecule has 3 nitrogen and oxygen atoms in total. The molecule has 0 aliphatic carbocycles. The minimum Gasteiger partial charge on any atom is -0.481 e. The first-order valence-corrected chi connectivity index (χ1v) is 7.00. The summed E-state index contributed by atoms with van der Waals surface area (Å²) in [5, 5.41) is 3.28. The normalized spacial score (nSPS) is 11.9. The monoisotopic (exact) mass is 345 g/mol. The second-order valence-corrected chi connectivity index (χ2v) is 5.29. The lowest BCUT2D eigenvalue weighted by molar-refractivity contribution is -0.122. The summed E-state index contributed by atoms with van der Waals surface area (Å²) in [6.07, 6.45) is -0.934. The van der Waals surface area contributed by atoms with Crippen molar-refractivity contribution in [3.8, 4) is 5.75 Å². The summed E-state index contributed by atoms with van der Waals surface area (Å²) < 4.78 is 31.2. The average Bonchev–Trinajstić information content (AvgIpc) is 2.45. The summed E-state index contributed by atoms with van der Waals surface area (Å²) in [5.41, 5.74) is 0.372. The van der Waals surface area contributed by atoms with Crippen molar-refractivity contribution in [2.45, 2.75) is 13.0 Å².